The van der Waals surface area contributed by atoms with Crippen LogP contribution in [0.15, 0.2) is 84.9 Å². The van der Waals surface area contributed by atoms with Gasteiger partial charge < -0.3 is 40.0 Å². The van der Waals surface area contributed by atoms with E-state index >= 15 is 0 Å². The predicted octanol–water partition coefficient (Wildman–Crippen LogP) is 3.06. The number of amides is 4. The summed E-state index contributed by atoms with van der Waals surface area (Å²) in [6, 6.07) is 21.2. The molecule has 4 amide bonds. The van der Waals surface area contributed by atoms with Crippen LogP contribution < -0.4 is 21.3 Å². The van der Waals surface area contributed by atoms with Crippen LogP contribution >= 0.6 is 0 Å². The number of esters is 1. The zero-order valence-corrected chi connectivity index (χ0v) is 41.2. The third-order valence-electron chi connectivity index (χ3n) is 11.6. The van der Waals surface area contributed by atoms with Gasteiger partial charge in [0.25, 0.3) is 5.91 Å². The number of hydrogen-bond donors (Lipinski definition) is 4. The number of morpholine rings is 1. The maximum Gasteiger partial charge on any atom is 0.342 e. The lowest BCUT2D eigenvalue weighted by Crippen LogP contribution is -2.62. The van der Waals surface area contributed by atoms with Gasteiger partial charge in [-0.1, -0.05) is 94.3 Å². The van der Waals surface area contributed by atoms with Gasteiger partial charge in [0.1, 0.15) is 36.8 Å². The van der Waals surface area contributed by atoms with Gasteiger partial charge in [-0.3, -0.25) is 28.5 Å². The fourth-order valence-electron chi connectivity index (χ4n) is 7.71. The van der Waals surface area contributed by atoms with Crippen LogP contribution in [0.1, 0.15) is 80.9 Å². The number of aryl methyl sites for hydroxylation is 1. The molecule has 69 heavy (non-hydrogen) atoms. The lowest BCUT2D eigenvalue weighted by molar-refractivity contribution is -0.943. The number of quaternary nitrogens is 1. The first kappa shape index (κ1) is 55.6. The summed E-state index contributed by atoms with van der Waals surface area (Å²) in [7, 11) is -3.92. The van der Waals surface area contributed by atoms with E-state index in [1.807, 2.05) is 88.4 Å². The average molecular weight is 974 g/mol. The molecule has 2 heterocycles. The van der Waals surface area contributed by atoms with E-state index < -0.39 is 69.5 Å². The van der Waals surface area contributed by atoms with Crippen LogP contribution in [0, 0.1) is 24.2 Å². The van der Waals surface area contributed by atoms with Gasteiger partial charge in [-0.25, -0.2) is 13.2 Å². The van der Waals surface area contributed by atoms with E-state index in [-0.39, 0.29) is 61.2 Å². The number of Topliss-reactive ketones (excluding diaryl/α,β-unsaturated/α-hetero) is 1. The number of nitrogens with zero attached hydrogens (tertiary/aromatic N) is 1. The number of nitrogens with one attached hydrogen (secondary N) is 4. The number of ketones is 1. The molecule has 0 bridgehead atoms. The molecule has 0 spiro atoms. The third-order valence-corrected chi connectivity index (χ3v) is 11.6. The quantitative estimate of drug-likeness (QED) is 0.0353. The highest BCUT2D eigenvalue weighted by molar-refractivity contribution is 7.84. The highest BCUT2D eigenvalue weighted by atomic mass is 32.2. The molecule has 2 aliphatic rings. The van der Waals surface area contributed by atoms with E-state index in [0.717, 1.165) is 11.1 Å². The summed E-state index contributed by atoms with van der Waals surface area (Å²) in [5.74, 6) is -0.341. The van der Waals surface area contributed by atoms with Gasteiger partial charge >= 0.3 is 5.97 Å². The fourth-order valence-corrected chi connectivity index (χ4v) is 7.71. The Kier molecular flexibility index (Phi) is 21.1. The van der Waals surface area contributed by atoms with Crippen LogP contribution in [0.5, 0.6) is 0 Å². The maximum atomic E-state index is 14.4. The summed E-state index contributed by atoms with van der Waals surface area (Å²) >= 11 is 0. The molecule has 17 nitrogen and oxygen atoms in total. The molecule has 0 saturated carbocycles. The first-order valence-electron chi connectivity index (χ1n) is 23.1. The highest BCUT2D eigenvalue weighted by Gasteiger charge is 2.50. The van der Waals surface area contributed by atoms with E-state index in [1.54, 1.807) is 31.2 Å². The molecule has 18 heteroatoms. The summed E-state index contributed by atoms with van der Waals surface area (Å²) in [6.07, 6.45) is 7.48. The molecule has 3 aromatic rings. The monoisotopic (exact) mass is 973 g/mol. The Hall–Kier alpha value is -5.97. The summed E-state index contributed by atoms with van der Waals surface area (Å²) in [5, 5.41) is 11.7. The number of epoxide rings is 1. The molecule has 0 aliphatic carbocycles. The number of benzene rings is 3. The number of hydrogen-bond acceptors (Lipinski definition) is 12. The molecular formula is C51H67N5O12S. The Bertz CT molecular complexity index is 2340. The van der Waals surface area contributed by atoms with Gasteiger partial charge in [-0.05, 0) is 79.8 Å². The van der Waals surface area contributed by atoms with E-state index in [2.05, 4.69) is 27.2 Å². The number of ether oxygens (including phenoxy) is 3. The van der Waals surface area contributed by atoms with E-state index in [9.17, 15) is 28.8 Å². The molecule has 2 aliphatic heterocycles. The number of terminal acetylenes is 1. The van der Waals surface area contributed by atoms with Crippen LogP contribution in [0.25, 0.3) is 0 Å². The van der Waals surface area contributed by atoms with Crippen molar-refractivity contribution in [3.63, 3.8) is 0 Å². The molecule has 374 valence electrons. The lowest BCUT2D eigenvalue weighted by atomic mass is 9.93. The molecule has 2 fully saturated rings. The molecule has 5 rings (SSSR count). The van der Waals surface area contributed by atoms with E-state index in [4.69, 9.17) is 33.6 Å². The van der Waals surface area contributed by atoms with Gasteiger partial charge in [0.05, 0.1) is 41.5 Å². The topological polar surface area (TPSA) is 239 Å². The van der Waals surface area contributed by atoms with Crippen molar-refractivity contribution in [3.05, 3.63) is 107 Å². The molecule has 0 aromatic heterocycles. The second-order valence-corrected chi connectivity index (χ2v) is 20.1. The second kappa shape index (κ2) is 26.1. The van der Waals surface area contributed by atoms with Crippen molar-refractivity contribution in [1.82, 2.24) is 21.3 Å². The second-order valence-electron chi connectivity index (χ2n) is 18.7. The third kappa shape index (κ3) is 19.5. The molecule has 0 radical (unpaired) electrons. The molecule has 4 N–H and O–H groups in total. The summed E-state index contributed by atoms with van der Waals surface area (Å²) in [5.41, 5.74) is 1.73. The number of rotatable bonds is 23. The van der Waals surface area contributed by atoms with Crippen molar-refractivity contribution < 1.29 is 60.4 Å². The minimum atomic E-state index is -3.92. The number of carbonyl (C=O) groups is 6. The Balaban J connectivity index is 0.00000197. The maximum absolute atomic E-state index is 14.4. The van der Waals surface area contributed by atoms with Crippen LogP contribution in [-0.4, -0.2) is 135 Å². The molecule has 5 atom stereocenters. The Morgan fingerprint density at radius 1 is 0.754 bits per heavy atom. The largest absolute Gasteiger partial charge is 0.748 e. The van der Waals surface area contributed by atoms with Crippen molar-refractivity contribution in [1.29, 1.82) is 0 Å². The van der Waals surface area contributed by atoms with Crippen LogP contribution in [0.3, 0.4) is 0 Å². The summed E-state index contributed by atoms with van der Waals surface area (Å²) < 4.78 is 44.1. The standard InChI is InChI=1S/C50H63N5O9.CH4O3S/c1-7-36-18-21-39(22-19-36)49(61)63-33-55(24-26-62-27-25-55)31-44(56)51-40(23-20-37-14-10-8-11-15-37)46(58)53-42(29-35(4)5)47(59)54-43(30-38-16-12-9-13-17-38)48(60)52-41(28-34(2)3)45(57)50(6)32-64-50;1-5(2,3)4/h1,8-19,21-22,34-35,40-43H,20,23-33H2,2-6H3,(H3-,51,52,53,54,56,58,59,60);1H3,(H,2,3,4)/t40?,41?,42?,43?,50-;/m1./s1. The van der Waals surface area contributed by atoms with Gasteiger partial charge in [0.15, 0.2) is 12.3 Å². The van der Waals surface area contributed by atoms with E-state index in [1.165, 1.54) is 0 Å². The van der Waals surface area contributed by atoms with Crippen LogP contribution in [-0.2, 0) is 61.1 Å². The molecule has 2 saturated heterocycles. The Morgan fingerprint density at radius 2 is 1.25 bits per heavy atom. The van der Waals surface area contributed by atoms with Gasteiger partial charge in [0.2, 0.25) is 24.5 Å². The van der Waals surface area contributed by atoms with Crippen molar-refractivity contribution in [2.45, 2.75) is 96.5 Å². The van der Waals surface area contributed by atoms with E-state index in [0.29, 0.717) is 56.5 Å². The fraction of sp³-hybridized carbons (Fsp3) is 0.490. The minimum Gasteiger partial charge on any atom is -0.748 e. The molecule has 4 unspecified atom stereocenters. The number of carbonyl (C=O) groups excluding carboxylic acids is 6. The predicted molar refractivity (Wildman–Crippen MR) is 257 cm³/mol. The van der Waals surface area contributed by atoms with Crippen molar-refractivity contribution in [2.24, 2.45) is 11.8 Å². The van der Waals surface area contributed by atoms with Crippen molar-refractivity contribution >= 4 is 45.5 Å². The zero-order valence-electron chi connectivity index (χ0n) is 40.4. The minimum absolute atomic E-state index is 0.0502. The van der Waals surface area contributed by atoms with Gasteiger partial charge in [0, 0.05) is 18.2 Å². The first-order valence-corrected chi connectivity index (χ1v) is 24.9. The average Bonchev–Trinajstić information content (AvgIpc) is 4.06. The van der Waals surface area contributed by atoms with Gasteiger partial charge in [-0.2, -0.15) is 0 Å². The SMILES string of the molecule is C#Cc1ccc(C(=O)OC[N+]2(CC(=O)NC(CCc3ccccc3)C(=O)NC(CC(C)C)C(=O)NC(Cc3ccccc3)C(=O)NC(CC(C)C)C(=O)[C@@]3(C)CO3)CCOCC2)cc1.CS(=O)(=O)[O-]. The lowest BCUT2D eigenvalue weighted by Gasteiger charge is -2.39. The van der Waals surface area contributed by atoms with Gasteiger partial charge in [-0.15, -0.1) is 6.42 Å². The molecular weight excluding hydrogens is 907 g/mol. The van der Waals surface area contributed by atoms with Crippen LogP contribution in [0.2, 0.25) is 0 Å². The normalized spacial score (nSPS) is 17.9. The summed E-state index contributed by atoms with van der Waals surface area (Å²) in [6.45, 7) is 11.0. The van der Waals surface area contributed by atoms with Crippen molar-refractivity contribution in [3.8, 4) is 12.3 Å². The molecule has 3 aromatic carbocycles. The summed E-state index contributed by atoms with van der Waals surface area (Å²) in [4.78, 5) is 83.4. The van der Waals surface area contributed by atoms with Crippen molar-refractivity contribution in [2.75, 3.05) is 52.4 Å². The first-order chi connectivity index (χ1) is 32.6. The highest BCUT2D eigenvalue weighted by Crippen LogP contribution is 2.30. The zero-order chi connectivity index (χ0) is 50.8. The van der Waals surface area contributed by atoms with Crippen LogP contribution in [0.4, 0.5) is 0 Å². The Morgan fingerprint density at radius 3 is 1.78 bits per heavy atom. The Labute approximate surface area is 406 Å². The smallest absolute Gasteiger partial charge is 0.342 e.